The molecule has 1 aliphatic rings. The molecule has 2 aromatic heterocycles. The molecular formula is C24H16ClN3O4S. The SMILES string of the molecule is Cc1ccc(-c2nc(C)c(C(=O)Nc3ccc(N4C(=O)c5ccccc5C4=O)c(Cl)c3)s2)o1. The van der Waals surface area contributed by atoms with Crippen LogP contribution in [0.1, 0.15) is 41.8 Å². The lowest BCUT2D eigenvalue weighted by Crippen LogP contribution is -2.29. The van der Waals surface area contributed by atoms with E-state index < -0.39 is 11.8 Å². The van der Waals surface area contributed by atoms with Crippen molar-refractivity contribution < 1.29 is 18.8 Å². The number of imide groups is 1. The van der Waals surface area contributed by atoms with E-state index in [-0.39, 0.29) is 16.6 Å². The Bertz CT molecular complexity index is 1420. The van der Waals surface area contributed by atoms with Gasteiger partial charge in [-0.15, -0.1) is 11.3 Å². The number of hydrogen-bond acceptors (Lipinski definition) is 6. The number of amides is 3. The quantitative estimate of drug-likeness (QED) is 0.379. The molecule has 0 bridgehead atoms. The number of aromatic nitrogens is 1. The number of aryl methyl sites for hydroxylation is 2. The lowest BCUT2D eigenvalue weighted by Gasteiger charge is -2.16. The zero-order valence-electron chi connectivity index (χ0n) is 17.5. The molecule has 0 saturated carbocycles. The Balaban J connectivity index is 1.38. The first-order valence-electron chi connectivity index (χ1n) is 9.96. The third kappa shape index (κ3) is 3.63. The molecule has 4 aromatic rings. The maximum Gasteiger partial charge on any atom is 0.267 e. The van der Waals surface area contributed by atoms with Crippen molar-refractivity contribution in [2.24, 2.45) is 0 Å². The predicted molar refractivity (Wildman–Crippen MR) is 126 cm³/mol. The summed E-state index contributed by atoms with van der Waals surface area (Å²) in [6, 6.07) is 14.9. The topological polar surface area (TPSA) is 92.5 Å². The first-order valence-corrected chi connectivity index (χ1v) is 11.2. The first kappa shape index (κ1) is 21.1. The monoisotopic (exact) mass is 477 g/mol. The first-order chi connectivity index (χ1) is 15.8. The Hall–Kier alpha value is -3.75. The molecule has 1 N–H and O–H groups in total. The average molecular weight is 478 g/mol. The van der Waals surface area contributed by atoms with E-state index in [1.165, 1.54) is 23.5 Å². The second-order valence-electron chi connectivity index (χ2n) is 7.46. The van der Waals surface area contributed by atoms with Crippen LogP contribution in [0.15, 0.2) is 59.0 Å². The van der Waals surface area contributed by atoms with Crippen molar-refractivity contribution in [3.8, 4) is 10.8 Å². The van der Waals surface area contributed by atoms with E-state index >= 15 is 0 Å². The molecule has 3 heterocycles. The van der Waals surface area contributed by atoms with Gasteiger partial charge in [-0.3, -0.25) is 14.4 Å². The van der Waals surface area contributed by atoms with Gasteiger partial charge in [0.1, 0.15) is 10.6 Å². The lowest BCUT2D eigenvalue weighted by molar-refractivity contribution is 0.0924. The zero-order valence-corrected chi connectivity index (χ0v) is 19.1. The summed E-state index contributed by atoms with van der Waals surface area (Å²) < 4.78 is 5.59. The van der Waals surface area contributed by atoms with Crippen LogP contribution in [-0.4, -0.2) is 22.7 Å². The predicted octanol–water partition coefficient (Wildman–Crippen LogP) is 5.73. The summed E-state index contributed by atoms with van der Waals surface area (Å²) in [7, 11) is 0. The molecule has 3 amide bonds. The molecule has 0 saturated heterocycles. The van der Waals surface area contributed by atoms with Crippen molar-refractivity contribution >= 4 is 52.0 Å². The lowest BCUT2D eigenvalue weighted by atomic mass is 10.1. The maximum atomic E-state index is 12.9. The van der Waals surface area contributed by atoms with Gasteiger partial charge in [-0.25, -0.2) is 9.88 Å². The molecule has 164 valence electrons. The van der Waals surface area contributed by atoms with Gasteiger partial charge in [0.25, 0.3) is 17.7 Å². The number of benzene rings is 2. The Labute approximate surface area is 197 Å². The van der Waals surface area contributed by atoms with Crippen molar-refractivity contribution in [3.05, 3.63) is 87.1 Å². The van der Waals surface area contributed by atoms with Gasteiger partial charge in [0, 0.05) is 5.69 Å². The van der Waals surface area contributed by atoms with Crippen LogP contribution in [0.5, 0.6) is 0 Å². The van der Waals surface area contributed by atoms with Crippen molar-refractivity contribution in [3.63, 3.8) is 0 Å². The fourth-order valence-corrected chi connectivity index (χ4v) is 4.81. The smallest absolute Gasteiger partial charge is 0.267 e. The van der Waals surface area contributed by atoms with Crippen LogP contribution < -0.4 is 10.2 Å². The second-order valence-corrected chi connectivity index (χ2v) is 8.86. The van der Waals surface area contributed by atoms with Crippen LogP contribution in [0.3, 0.4) is 0 Å². The van der Waals surface area contributed by atoms with Crippen LogP contribution in [-0.2, 0) is 0 Å². The van der Waals surface area contributed by atoms with Gasteiger partial charge in [0.15, 0.2) is 10.8 Å². The van der Waals surface area contributed by atoms with Crippen LogP contribution in [0.2, 0.25) is 5.02 Å². The van der Waals surface area contributed by atoms with Crippen molar-refractivity contribution in [1.29, 1.82) is 0 Å². The molecule has 0 atom stereocenters. The van der Waals surface area contributed by atoms with Gasteiger partial charge in [0.2, 0.25) is 0 Å². The molecule has 0 radical (unpaired) electrons. The number of carbonyl (C=O) groups excluding carboxylic acids is 3. The van der Waals surface area contributed by atoms with E-state index in [1.807, 2.05) is 19.1 Å². The van der Waals surface area contributed by atoms with Gasteiger partial charge in [-0.05, 0) is 56.3 Å². The van der Waals surface area contributed by atoms with Crippen molar-refractivity contribution in [2.45, 2.75) is 13.8 Å². The van der Waals surface area contributed by atoms with Gasteiger partial charge in [-0.2, -0.15) is 0 Å². The van der Waals surface area contributed by atoms with E-state index in [0.717, 1.165) is 10.7 Å². The van der Waals surface area contributed by atoms with E-state index in [9.17, 15) is 14.4 Å². The zero-order chi connectivity index (χ0) is 23.3. The van der Waals surface area contributed by atoms with Gasteiger partial charge in [0.05, 0.1) is 27.5 Å². The molecule has 0 fully saturated rings. The van der Waals surface area contributed by atoms with Crippen LogP contribution in [0, 0.1) is 13.8 Å². The van der Waals surface area contributed by atoms with Crippen LogP contribution in [0.25, 0.3) is 10.8 Å². The van der Waals surface area contributed by atoms with Crippen molar-refractivity contribution in [2.75, 3.05) is 10.2 Å². The summed E-state index contributed by atoms with van der Waals surface area (Å²) in [6.45, 7) is 3.59. The highest BCUT2D eigenvalue weighted by Crippen LogP contribution is 2.35. The number of hydrogen-bond donors (Lipinski definition) is 1. The number of nitrogens with zero attached hydrogens (tertiary/aromatic N) is 2. The summed E-state index contributed by atoms with van der Waals surface area (Å²) in [5.41, 5.74) is 1.92. The molecule has 9 heteroatoms. The van der Waals surface area contributed by atoms with E-state index in [1.54, 1.807) is 37.3 Å². The normalized spacial score (nSPS) is 12.9. The number of fused-ring (bicyclic) bond motifs is 1. The molecule has 1 aliphatic heterocycles. The number of halogens is 1. The minimum Gasteiger partial charge on any atom is -0.459 e. The maximum absolute atomic E-state index is 12.9. The fourth-order valence-electron chi connectivity index (χ4n) is 3.62. The number of rotatable bonds is 4. The van der Waals surface area contributed by atoms with Gasteiger partial charge in [-0.1, -0.05) is 23.7 Å². The molecule has 0 aliphatic carbocycles. The summed E-state index contributed by atoms with van der Waals surface area (Å²) in [5.74, 6) is 0.152. The molecular weight excluding hydrogens is 462 g/mol. The fraction of sp³-hybridized carbons (Fsp3) is 0.0833. The Kier molecular flexibility index (Phi) is 5.11. The third-order valence-corrected chi connectivity index (χ3v) is 6.67. The average Bonchev–Trinajstić information content (AvgIpc) is 3.46. The molecule has 0 unspecified atom stereocenters. The molecule has 0 spiro atoms. The largest absolute Gasteiger partial charge is 0.459 e. The molecule has 2 aromatic carbocycles. The highest BCUT2D eigenvalue weighted by molar-refractivity contribution is 7.17. The third-order valence-electron chi connectivity index (χ3n) is 5.19. The molecule has 5 rings (SSSR count). The summed E-state index contributed by atoms with van der Waals surface area (Å²) in [6.07, 6.45) is 0. The van der Waals surface area contributed by atoms with Crippen molar-refractivity contribution in [1.82, 2.24) is 4.98 Å². The number of anilines is 2. The highest BCUT2D eigenvalue weighted by Gasteiger charge is 2.37. The molecule has 33 heavy (non-hydrogen) atoms. The Morgan fingerprint density at radius 1 is 1.03 bits per heavy atom. The summed E-state index contributed by atoms with van der Waals surface area (Å²) in [4.78, 5) is 44.2. The number of thiazole rings is 1. The Morgan fingerprint density at radius 3 is 2.33 bits per heavy atom. The molecule has 7 nitrogen and oxygen atoms in total. The van der Waals surface area contributed by atoms with E-state index in [0.29, 0.717) is 38.2 Å². The highest BCUT2D eigenvalue weighted by atomic mass is 35.5. The van der Waals surface area contributed by atoms with Crippen LogP contribution in [0.4, 0.5) is 11.4 Å². The Morgan fingerprint density at radius 2 is 1.73 bits per heavy atom. The standard InChI is InChI=1S/C24H16ClN3O4S/c1-12-7-10-19(32-12)22-26-13(2)20(33-22)21(29)27-14-8-9-18(17(25)11-14)28-23(30)15-5-3-4-6-16(15)24(28)31/h3-11H,1-2H3,(H,27,29). The second kappa shape index (κ2) is 7.99. The van der Waals surface area contributed by atoms with E-state index in [2.05, 4.69) is 10.3 Å². The van der Waals surface area contributed by atoms with E-state index in [4.69, 9.17) is 16.0 Å². The summed E-state index contributed by atoms with van der Waals surface area (Å²) >= 11 is 7.64. The number of furan rings is 1. The van der Waals surface area contributed by atoms with Gasteiger partial charge < -0.3 is 9.73 Å². The summed E-state index contributed by atoms with van der Waals surface area (Å²) in [5, 5.41) is 3.57. The van der Waals surface area contributed by atoms with Crippen LogP contribution >= 0.6 is 22.9 Å². The minimum absolute atomic E-state index is 0.162. The number of nitrogens with one attached hydrogen (secondary N) is 1. The minimum atomic E-state index is -0.435. The van der Waals surface area contributed by atoms with Gasteiger partial charge >= 0.3 is 0 Å². The number of carbonyl (C=O) groups is 3.